The second kappa shape index (κ2) is 11.3. The molecule has 1 aromatic heterocycles. The average molecular weight is 462 g/mol. The molecule has 0 unspecified atom stereocenters. The maximum atomic E-state index is 12.6. The van der Waals surface area contributed by atoms with Crippen LogP contribution in [0.15, 0.2) is 42.1 Å². The molecular weight excluding hydrogens is 434 g/mol. The second-order valence-corrected chi connectivity index (χ2v) is 8.96. The van der Waals surface area contributed by atoms with E-state index >= 15 is 0 Å². The Morgan fingerprint density at radius 2 is 2.03 bits per heavy atom. The summed E-state index contributed by atoms with van der Waals surface area (Å²) in [4.78, 5) is 24.9. The number of amides is 2. The zero-order chi connectivity index (χ0) is 22.2. The highest BCUT2D eigenvalue weighted by atomic mass is 35.5. The van der Waals surface area contributed by atoms with Gasteiger partial charge in [-0.15, -0.1) is 16.8 Å². The molecule has 1 atom stereocenters. The van der Waals surface area contributed by atoms with Crippen molar-refractivity contribution in [2.24, 2.45) is 0 Å². The first kappa shape index (κ1) is 23.3. The fourth-order valence-corrected chi connectivity index (χ4v) is 4.65. The van der Waals surface area contributed by atoms with Crippen LogP contribution in [0.1, 0.15) is 61.3 Å². The summed E-state index contributed by atoms with van der Waals surface area (Å²) in [5, 5.41) is 15.5. The Hall–Kier alpha value is -2.32. The van der Waals surface area contributed by atoms with E-state index in [2.05, 4.69) is 27.4 Å². The van der Waals surface area contributed by atoms with E-state index in [1.807, 2.05) is 11.5 Å². The zero-order valence-corrected chi connectivity index (χ0v) is 19.2. The molecule has 0 radical (unpaired) electrons. The molecule has 0 bridgehead atoms. The van der Waals surface area contributed by atoms with E-state index in [4.69, 9.17) is 11.6 Å². The van der Waals surface area contributed by atoms with Gasteiger partial charge in [0, 0.05) is 12.6 Å². The molecule has 7 nitrogen and oxygen atoms in total. The number of nitrogens with one attached hydrogen (secondary N) is 2. The van der Waals surface area contributed by atoms with Crippen molar-refractivity contribution in [1.82, 2.24) is 25.4 Å². The molecule has 2 aromatic rings. The normalized spacial score (nSPS) is 15.3. The molecule has 1 aliphatic carbocycles. The van der Waals surface area contributed by atoms with Gasteiger partial charge in [0.2, 0.25) is 5.91 Å². The third-order valence-corrected chi connectivity index (χ3v) is 6.51. The fraction of sp³-hybridized carbons (Fsp3) is 0.455. The largest absolute Gasteiger partial charge is 0.353 e. The predicted molar refractivity (Wildman–Crippen MR) is 123 cm³/mol. The minimum Gasteiger partial charge on any atom is -0.353 e. The van der Waals surface area contributed by atoms with Gasteiger partial charge in [0.1, 0.15) is 0 Å². The van der Waals surface area contributed by atoms with E-state index in [0.717, 1.165) is 12.8 Å². The first-order chi connectivity index (χ1) is 15.0. The van der Waals surface area contributed by atoms with Crippen LogP contribution in [0.2, 0.25) is 5.02 Å². The van der Waals surface area contributed by atoms with Crippen molar-refractivity contribution in [3.05, 3.63) is 53.3 Å². The van der Waals surface area contributed by atoms with Crippen LogP contribution in [0, 0.1) is 0 Å². The Morgan fingerprint density at radius 3 is 2.74 bits per heavy atom. The minimum absolute atomic E-state index is 0.00618. The molecule has 0 spiro atoms. The zero-order valence-electron chi connectivity index (χ0n) is 17.6. The number of carbonyl (C=O) groups is 2. The van der Waals surface area contributed by atoms with Gasteiger partial charge in [-0.25, -0.2) is 0 Å². The molecular formula is C22H28ClN5O2S. The summed E-state index contributed by atoms with van der Waals surface area (Å²) in [5.41, 5.74) is 0.403. The van der Waals surface area contributed by atoms with Gasteiger partial charge in [-0.1, -0.05) is 60.8 Å². The van der Waals surface area contributed by atoms with Crippen LogP contribution in [0.5, 0.6) is 0 Å². The fourth-order valence-electron chi connectivity index (χ4n) is 3.66. The van der Waals surface area contributed by atoms with E-state index in [9.17, 15) is 9.59 Å². The number of rotatable bonds is 9. The Bertz CT molecular complexity index is 926. The molecule has 1 aliphatic rings. The lowest BCUT2D eigenvalue weighted by Crippen LogP contribution is -2.37. The van der Waals surface area contributed by atoms with Gasteiger partial charge in [-0.3, -0.25) is 9.59 Å². The Balaban J connectivity index is 1.63. The molecule has 1 heterocycles. The highest BCUT2D eigenvalue weighted by molar-refractivity contribution is 7.99. The topological polar surface area (TPSA) is 88.9 Å². The third kappa shape index (κ3) is 6.33. The van der Waals surface area contributed by atoms with Crippen molar-refractivity contribution in [2.45, 2.75) is 62.8 Å². The second-order valence-electron chi connectivity index (χ2n) is 7.61. The summed E-state index contributed by atoms with van der Waals surface area (Å²) < 4.78 is 1.86. The van der Waals surface area contributed by atoms with E-state index in [-0.39, 0.29) is 23.6 Å². The first-order valence-corrected chi connectivity index (χ1v) is 11.9. The molecule has 0 aliphatic heterocycles. The molecule has 1 fully saturated rings. The van der Waals surface area contributed by atoms with Crippen molar-refractivity contribution >= 4 is 35.2 Å². The summed E-state index contributed by atoms with van der Waals surface area (Å²) in [6.45, 7) is 6.11. The van der Waals surface area contributed by atoms with E-state index in [1.165, 1.54) is 31.0 Å². The molecule has 1 aromatic carbocycles. The number of allylic oxidation sites excluding steroid dienone is 1. The van der Waals surface area contributed by atoms with Gasteiger partial charge in [0.15, 0.2) is 11.0 Å². The van der Waals surface area contributed by atoms with Gasteiger partial charge >= 0.3 is 0 Å². The van der Waals surface area contributed by atoms with Crippen LogP contribution >= 0.6 is 23.4 Å². The SMILES string of the molecule is C=CCn1c(SCC(=O)NC2CCCCC2)nnc1[C@H](C)NC(=O)c1ccccc1Cl. The summed E-state index contributed by atoms with van der Waals surface area (Å²) in [5.74, 6) is 0.584. The van der Waals surface area contributed by atoms with Gasteiger partial charge in [-0.2, -0.15) is 0 Å². The van der Waals surface area contributed by atoms with Crippen molar-refractivity contribution < 1.29 is 9.59 Å². The van der Waals surface area contributed by atoms with Crippen molar-refractivity contribution in [1.29, 1.82) is 0 Å². The third-order valence-electron chi connectivity index (χ3n) is 5.21. The van der Waals surface area contributed by atoms with Crippen LogP contribution in [0.3, 0.4) is 0 Å². The Kier molecular flexibility index (Phi) is 8.54. The monoisotopic (exact) mass is 461 g/mol. The standard InChI is InChI=1S/C22H28ClN5O2S/c1-3-13-28-20(15(2)24-21(30)17-11-7-8-12-18(17)23)26-27-22(28)31-14-19(29)25-16-9-5-4-6-10-16/h3,7-8,11-12,15-16H,1,4-6,9-10,13-14H2,2H3,(H,24,30)(H,25,29)/t15-/m0/s1. The number of aromatic nitrogens is 3. The maximum Gasteiger partial charge on any atom is 0.253 e. The highest BCUT2D eigenvalue weighted by Crippen LogP contribution is 2.23. The molecule has 1 saturated carbocycles. The van der Waals surface area contributed by atoms with Crippen molar-refractivity contribution in [3.8, 4) is 0 Å². The molecule has 2 amide bonds. The summed E-state index contributed by atoms with van der Waals surface area (Å²) in [6.07, 6.45) is 7.44. The quantitative estimate of drug-likeness (QED) is 0.432. The number of hydrogen-bond donors (Lipinski definition) is 2. The molecule has 3 rings (SSSR count). The number of hydrogen-bond acceptors (Lipinski definition) is 5. The summed E-state index contributed by atoms with van der Waals surface area (Å²) in [7, 11) is 0. The Labute approximate surface area is 192 Å². The van der Waals surface area contributed by atoms with Crippen LogP contribution in [-0.4, -0.2) is 38.4 Å². The van der Waals surface area contributed by atoms with Gasteiger partial charge in [0.05, 0.1) is 22.4 Å². The lowest BCUT2D eigenvalue weighted by atomic mass is 9.95. The number of halogens is 1. The van der Waals surface area contributed by atoms with Crippen LogP contribution in [-0.2, 0) is 11.3 Å². The van der Waals surface area contributed by atoms with Crippen LogP contribution in [0.25, 0.3) is 0 Å². The smallest absolute Gasteiger partial charge is 0.253 e. The Morgan fingerprint density at radius 1 is 1.29 bits per heavy atom. The lowest BCUT2D eigenvalue weighted by molar-refractivity contribution is -0.119. The number of benzene rings is 1. The maximum absolute atomic E-state index is 12.6. The summed E-state index contributed by atoms with van der Waals surface area (Å²) in [6, 6.07) is 6.76. The molecule has 31 heavy (non-hydrogen) atoms. The van der Waals surface area contributed by atoms with Gasteiger partial charge in [0.25, 0.3) is 5.91 Å². The molecule has 0 saturated heterocycles. The first-order valence-electron chi connectivity index (χ1n) is 10.5. The summed E-state index contributed by atoms with van der Waals surface area (Å²) >= 11 is 7.46. The lowest BCUT2D eigenvalue weighted by Gasteiger charge is -2.22. The van der Waals surface area contributed by atoms with E-state index in [0.29, 0.717) is 28.1 Å². The number of carbonyl (C=O) groups excluding carboxylic acids is 2. The molecule has 9 heteroatoms. The van der Waals surface area contributed by atoms with Crippen LogP contribution < -0.4 is 10.6 Å². The average Bonchev–Trinajstić information content (AvgIpc) is 3.16. The van der Waals surface area contributed by atoms with Gasteiger partial charge in [-0.05, 0) is 31.9 Å². The highest BCUT2D eigenvalue weighted by Gasteiger charge is 2.22. The number of thioether (sulfide) groups is 1. The van der Waals surface area contributed by atoms with Crippen LogP contribution in [0.4, 0.5) is 0 Å². The van der Waals surface area contributed by atoms with Crippen molar-refractivity contribution in [3.63, 3.8) is 0 Å². The van der Waals surface area contributed by atoms with E-state index in [1.54, 1.807) is 30.3 Å². The number of nitrogens with zero attached hydrogens (tertiary/aromatic N) is 3. The minimum atomic E-state index is -0.401. The molecule has 166 valence electrons. The predicted octanol–water partition coefficient (Wildman–Crippen LogP) is 4.15. The van der Waals surface area contributed by atoms with E-state index < -0.39 is 6.04 Å². The van der Waals surface area contributed by atoms with Crippen molar-refractivity contribution in [2.75, 3.05) is 5.75 Å². The van der Waals surface area contributed by atoms with Gasteiger partial charge < -0.3 is 15.2 Å². The molecule has 2 N–H and O–H groups in total.